The Morgan fingerprint density at radius 2 is 1.50 bits per heavy atom. The fourth-order valence-corrected chi connectivity index (χ4v) is 4.48. The highest BCUT2D eigenvalue weighted by Gasteiger charge is 2.29. The number of ether oxygens (including phenoxy) is 4. The molecule has 0 bridgehead atoms. The van der Waals surface area contributed by atoms with Crippen LogP contribution >= 0.6 is 0 Å². The van der Waals surface area contributed by atoms with E-state index in [1.54, 1.807) is 41.2 Å². The highest BCUT2D eigenvalue weighted by Crippen LogP contribution is 2.39. The number of pyridine rings is 1. The molecule has 1 N–H and O–H groups in total. The largest absolute Gasteiger partial charge is 0.770 e. The summed E-state index contributed by atoms with van der Waals surface area (Å²) >= 11 is -2.72. The lowest BCUT2D eigenvalue weighted by Gasteiger charge is -2.25. The maximum Gasteiger partial charge on any atom is 0.253 e. The van der Waals surface area contributed by atoms with Crippen molar-refractivity contribution >= 4 is 28.5 Å². The van der Waals surface area contributed by atoms with Crippen LogP contribution in [0.5, 0.6) is 11.5 Å². The summed E-state index contributed by atoms with van der Waals surface area (Å²) in [5.74, 6) is 0.977. The second-order valence-electron chi connectivity index (χ2n) is 7.50. The van der Waals surface area contributed by atoms with Crippen molar-refractivity contribution in [2.24, 2.45) is 0 Å². The van der Waals surface area contributed by atoms with Gasteiger partial charge in [0.15, 0.2) is 29.7 Å². The molecule has 2 aromatic carbocycles. The van der Waals surface area contributed by atoms with E-state index < -0.39 is 22.4 Å². The van der Waals surface area contributed by atoms with Gasteiger partial charge in [0.05, 0.1) is 34.0 Å². The van der Waals surface area contributed by atoms with E-state index >= 15 is 0 Å². The van der Waals surface area contributed by atoms with Crippen LogP contribution in [0.2, 0.25) is 0 Å². The highest BCUT2D eigenvalue weighted by molar-refractivity contribution is 7.79. The van der Waals surface area contributed by atoms with Crippen LogP contribution in [0.25, 0.3) is 17.2 Å². The van der Waals surface area contributed by atoms with Crippen LogP contribution in [-0.2, 0) is 25.3 Å². The maximum absolute atomic E-state index is 12.3. The van der Waals surface area contributed by atoms with Crippen LogP contribution in [0, 0.1) is 0 Å². The number of rotatable bonds is 10. The molecule has 3 rings (SSSR count). The molecule has 9 nitrogen and oxygen atoms in total. The minimum atomic E-state index is -2.72. The average Bonchev–Trinajstić information content (AvgIpc) is 2.90. The monoisotopic (exact) mass is 512 g/mol. The van der Waals surface area contributed by atoms with Gasteiger partial charge in [0.1, 0.15) is 11.1 Å². The van der Waals surface area contributed by atoms with Crippen LogP contribution in [0.4, 0.5) is 0 Å². The topological polar surface area (TPSA) is 110 Å². The van der Waals surface area contributed by atoms with Crippen molar-refractivity contribution < 1.29 is 37.1 Å². The van der Waals surface area contributed by atoms with Gasteiger partial charge < -0.3 is 28.8 Å². The van der Waals surface area contributed by atoms with E-state index in [9.17, 15) is 13.6 Å². The molecule has 0 radical (unpaired) electrons. The van der Waals surface area contributed by atoms with Crippen molar-refractivity contribution in [2.75, 3.05) is 28.4 Å². The molecule has 36 heavy (non-hydrogen) atoms. The first kappa shape index (κ1) is 26.7. The number of benzene rings is 2. The molecule has 0 aliphatic rings. The number of para-hydroxylation sites is 1. The van der Waals surface area contributed by atoms with Gasteiger partial charge in [-0.15, -0.1) is 0 Å². The number of hydrogen-bond acceptors (Lipinski definition) is 7. The summed E-state index contributed by atoms with van der Waals surface area (Å²) in [6.07, 6.45) is 3.59. The SMILES string of the molecule is COC(=C(OC)c1cc(OC)c(-[n+]2ccccc2)cc1C(NC(C)=O)S(=O)[O-])c1ccccc1OC. The van der Waals surface area contributed by atoms with E-state index in [1.807, 2.05) is 30.3 Å². The Balaban J connectivity index is 2.43. The number of carbonyl (C=O) groups excluding carboxylic acids is 1. The summed E-state index contributed by atoms with van der Waals surface area (Å²) in [5, 5.41) is 1.12. The van der Waals surface area contributed by atoms with E-state index in [-0.39, 0.29) is 11.3 Å². The van der Waals surface area contributed by atoms with Crippen LogP contribution in [0.1, 0.15) is 29.0 Å². The third-order valence-corrected chi connectivity index (χ3v) is 6.12. The number of nitrogens with zero attached hydrogens (tertiary/aromatic N) is 1. The number of nitrogens with one attached hydrogen (secondary N) is 1. The first-order valence-electron chi connectivity index (χ1n) is 10.9. The number of carbonyl (C=O) groups is 1. The van der Waals surface area contributed by atoms with Crippen molar-refractivity contribution in [2.45, 2.75) is 12.3 Å². The van der Waals surface area contributed by atoms with Gasteiger partial charge in [0, 0.05) is 36.2 Å². The molecular weight excluding hydrogens is 484 g/mol. The Bertz CT molecular complexity index is 1280. The molecule has 0 saturated heterocycles. The van der Waals surface area contributed by atoms with E-state index in [0.717, 1.165) is 0 Å². The molecule has 2 unspecified atom stereocenters. The van der Waals surface area contributed by atoms with Gasteiger partial charge in [-0.3, -0.25) is 9.00 Å². The Labute approximate surface area is 212 Å². The maximum atomic E-state index is 12.3. The van der Waals surface area contributed by atoms with Crippen molar-refractivity contribution in [1.29, 1.82) is 0 Å². The fraction of sp³-hybridized carbons (Fsp3) is 0.231. The van der Waals surface area contributed by atoms with Gasteiger partial charge >= 0.3 is 0 Å². The van der Waals surface area contributed by atoms with Crippen LogP contribution in [0.3, 0.4) is 0 Å². The molecule has 1 heterocycles. The first-order valence-corrected chi connectivity index (χ1v) is 12.0. The van der Waals surface area contributed by atoms with Crippen molar-refractivity contribution in [1.82, 2.24) is 5.32 Å². The van der Waals surface area contributed by atoms with E-state index in [0.29, 0.717) is 34.1 Å². The van der Waals surface area contributed by atoms with Gasteiger partial charge in [-0.05, 0) is 29.3 Å². The standard InChI is InChI=1S/C26H28N2O7S/c1-17(29)27-26(36(30)31)20-15-21(28-13-9-6-10-14-28)23(33-3)16-19(20)25(35-5)24(34-4)18-11-7-8-12-22(18)32-2/h6-16,26H,1-5H3,(H-,27,29,30,31). The van der Waals surface area contributed by atoms with E-state index in [2.05, 4.69) is 5.32 Å². The third-order valence-electron chi connectivity index (χ3n) is 5.36. The van der Waals surface area contributed by atoms with Gasteiger partial charge in [-0.1, -0.05) is 18.2 Å². The molecule has 2 atom stereocenters. The van der Waals surface area contributed by atoms with Crippen molar-refractivity contribution in [3.63, 3.8) is 0 Å². The predicted octanol–water partition coefficient (Wildman–Crippen LogP) is 3.11. The zero-order valence-corrected chi connectivity index (χ0v) is 21.5. The first-order chi connectivity index (χ1) is 17.4. The summed E-state index contributed by atoms with van der Waals surface area (Å²) in [6, 6.07) is 16.0. The van der Waals surface area contributed by atoms with Crippen LogP contribution < -0.4 is 19.4 Å². The Morgan fingerprint density at radius 1 is 0.889 bits per heavy atom. The smallest absolute Gasteiger partial charge is 0.253 e. The van der Waals surface area contributed by atoms with Crippen molar-refractivity contribution in [3.8, 4) is 17.2 Å². The van der Waals surface area contributed by atoms with Gasteiger partial charge in [0.2, 0.25) is 5.91 Å². The Morgan fingerprint density at radius 3 is 2.06 bits per heavy atom. The minimum Gasteiger partial charge on any atom is -0.770 e. The normalized spacial score (nSPS) is 13.2. The molecule has 3 aromatic rings. The van der Waals surface area contributed by atoms with Crippen molar-refractivity contribution in [3.05, 3.63) is 83.7 Å². The lowest BCUT2D eigenvalue weighted by atomic mass is 10.00. The molecule has 0 spiro atoms. The number of amides is 1. The van der Waals surface area contributed by atoms with Gasteiger partial charge in [-0.25, -0.2) is 0 Å². The lowest BCUT2D eigenvalue weighted by Crippen LogP contribution is -2.33. The summed E-state index contributed by atoms with van der Waals surface area (Å²) in [4.78, 5) is 12.0. The van der Waals surface area contributed by atoms with Gasteiger partial charge in [0.25, 0.3) is 5.69 Å². The molecule has 1 amide bonds. The molecule has 0 fully saturated rings. The average molecular weight is 513 g/mol. The summed E-state index contributed by atoms with van der Waals surface area (Å²) < 4.78 is 49.2. The van der Waals surface area contributed by atoms with Crippen LogP contribution in [-0.4, -0.2) is 43.1 Å². The summed E-state index contributed by atoms with van der Waals surface area (Å²) in [7, 11) is 5.97. The summed E-state index contributed by atoms with van der Waals surface area (Å²) in [6.45, 7) is 1.25. The summed E-state index contributed by atoms with van der Waals surface area (Å²) in [5.41, 5.74) is 1.75. The highest BCUT2D eigenvalue weighted by atomic mass is 32.2. The predicted molar refractivity (Wildman–Crippen MR) is 134 cm³/mol. The molecule has 0 aliphatic heterocycles. The molecular formula is C26H28N2O7S. The zero-order chi connectivity index (χ0) is 26.2. The Hall–Kier alpha value is -3.89. The minimum absolute atomic E-state index is 0.223. The van der Waals surface area contributed by atoms with E-state index in [4.69, 9.17) is 18.9 Å². The molecule has 1 aromatic heterocycles. The fourth-order valence-electron chi connectivity index (χ4n) is 3.82. The molecule has 190 valence electrons. The van der Waals surface area contributed by atoms with E-state index in [1.165, 1.54) is 35.4 Å². The number of methoxy groups -OCH3 is 4. The number of aromatic nitrogens is 1. The second-order valence-corrected chi connectivity index (χ2v) is 8.49. The van der Waals surface area contributed by atoms with Crippen LogP contribution in [0.15, 0.2) is 67.0 Å². The molecule has 0 saturated carbocycles. The third kappa shape index (κ3) is 5.67. The zero-order valence-electron chi connectivity index (χ0n) is 20.6. The Kier molecular flexibility index (Phi) is 9.04. The quantitative estimate of drug-likeness (QED) is 0.192. The molecule has 10 heteroatoms. The molecule has 0 aliphatic carbocycles. The van der Waals surface area contributed by atoms with Gasteiger partial charge in [-0.2, -0.15) is 4.57 Å². The second kappa shape index (κ2) is 12.2. The lowest BCUT2D eigenvalue weighted by molar-refractivity contribution is -0.596. The number of hydrogen-bond donors (Lipinski definition) is 1.